The number of nitrogens with one attached hydrogen (secondary N) is 1. The predicted octanol–water partition coefficient (Wildman–Crippen LogP) is 2.91. The molecule has 160 valence electrons. The number of hydrogen-bond donors (Lipinski definition) is 2. The highest BCUT2D eigenvalue weighted by Gasteiger charge is 2.45. The molecular formula is C22H27FN4O2S. The van der Waals surface area contributed by atoms with Gasteiger partial charge in [-0.3, -0.25) is 0 Å². The van der Waals surface area contributed by atoms with Crippen LogP contribution in [0.15, 0.2) is 23.1 Å². The van der Waals surface area contributed by atoms with Gasteiger partial charge in [-0.2, -0.15) is 4.98 Å². The number of fused-ring (bicyclic) bond motifs is 1. The quantitative estimate of drug-likeness (QED) is 0.710. The third kappa shape index (κ3) is 3.65. The normalized spacial score (nSPS) is 22.8. The molecule has 0 amide bonds. The molecule has 2 aromatic rings. The maximum absolute atomic E-state index is 14.4. The fourth-order valence-electron chi connectivity index (χ4n) is 4.49. The van der Waals surface area contributed by atoms with Gasteiger partial charge in [0.15, 0.2) is 5.82 Å². The summed E-state index contributed by atoms with van der Waals surface area (Å²) >= 11 is -1.10. The molecule has 1 aliphatic carbocycles. The Labute approximate surface area is 179 Å². The summed E-state index contributed by atoms with van der Waals surface area (Å²) in [6.45, 7) is 3.46. The zero-order chi connectivity index (χ0) is 20.9. The summed E-state index contributed by atoms with van der Waals surface area (Å²) in [5, 5.41) is 13.1. The number of aliphatic hydroxyl groups excluding tert-OH is 1. The molecule has 1 saturated carbocycles. The lowest BCUT2D eigenvalue weighted by Crippen LogP contribution is -2.35. The molecule has 5 rings (SSSR count). The van der Waals surface area contributed by atoms with Crippen molar-refractivity contribution in [2.75, 3.05) is 35.7 Å². The minimum Gasteiger partial charge on any atom is -0.611 e. The highest BCUT2D eigenvalue weighted by atomic mass is 32.2. The molecule has 0 spiro atoms. The van der Waals surface area contributed by atoms with Crippen molar-refractivity contribution in [2.45, 2.75) is 55.4 Å². The highest BCUT2D eigenvalue weighted by Crippen LogP contribution is 2.42. The number of benzene rings is 1. The fourth-order valence-corrected chi connectivity index (χ4v) is 5.79. The van der Waals surface area contributed by atoms with Crippen molar-refractivity contribution in [1.29, 1.82) is 0 Å². The summed E-state index contributed by atoms with van der Waals surface area (Å²) in [6, 6.07) is 5.50. The molecule has 1 aromatic carbocycles. The number of nitrogens with zero attached hydrogens (tertiary/aromatic N) is 3. The van der Waals surface area contributed by atoms with Gasteiger partial charge in [-0.1, -0.05) is 12.1 Å². The summed E-state index contributed by atoms with van der Waals surface area (Å²) in [4.78, 5) is 12.3. The summed E-state index contributed by atoms with van der Waals surface area (Å²) in [6.07, 6.45) is 4.14. The molecule has 1 aromatic heterocycles. The summed E-state index contributed by atoms with van der Waals surface area (Å²) in [5.74, 6) is 1.92. The number of halogens is 1. The molecule has 0 radical (unpaired) electrons. The van der Waals surface area contributed by atoms with Gasteiger partial charge in [0.25, 0.3) is 0 Å². The predicted molar refractivity (Wildman–Crippen MR) is 115 cm³/mol. The van der Waals surface area contributed by atoms with E-state index in [0.717, 1.165) is 55.6 Å². The van der Waals surface area contributed by atoms with Gasteiger partial charge in [0.05, 0.1) is 12.1 Å². The largest absolute Gasteiger partial charge is 0.611 e. The van der Waals surface area contributed by atoms with Crippen molar-refractivity contribution in [3.05, 3.63) is 40.8 Å². The van der Waals surface area contributed by atoms with Crippen molar-refractivity contribution < 1.29 is 14.0 Å². The van der Waals surface area contributed by atoms with Crippen LogP contribution in [0.25, 0.3) is 0 Å². The number of aryl methyl sites for hydroxylation is 2. The molecule has 2 aliphatic heterocycles. The summed E-state index contributed by atoms with van der Waals surface area (Å²) < 4.78 is 26.9. The lowest BCUT2D eigenvalue weighted by molar-refractivity contribution is 0.265. The number of aromatic nitrogens is 2. The minimum atomic E-state index is -1.10. The Kier molecular flexibility index (Phi) is 5.11. The molecular weight excluding hydrogens is 403 g/mol. The Morgan fingerprint density at radius 3 is 2.73 bits per heavy atom. The van der Waals surface area contributed by atoms with E-state index in [1.165, 1.54) is 0 Å². The standard InChI is InChI=1S/C22H27FN4O2S/c1-14-2-3-16(17(23)12-14)15-4-9-27(10-5-15)21-24-18-6-11-30(29)19(18)20(25-21)26-22(13-28)7-8-22/h2-3,12,15,28H,4-11,13H2,1H3,(H,24,25,26). The molecule has 8 heteroatoms. The minimum absolute atomic E-state index is 0.0429. The van der Waals surface area contributed by atoms with E-state index in [4.69, 9.17) is 9.97 Å². The second kappa shape index (κ2) is 7.66. The summed E-state index contributed by atoms with van der Waals surface area (Å²) in [7, 11) is 0. The lowest BCUT2D eigenvalue weighted by Gasteiger charge is -2.33. The molecule has 30 heavy (non-hydrogen) atoms. The van der Waals surface area contributed by atoms with E-state index in [2.05, 4.69) is 10.2 Å². The van der Waals surface area contributed by atoms with Crippen molar-refractivity contribution >= 4 is 22.9 Å². The second-order valence-corrected chi connectivity index (χ2v) is 10.3. The van der Waals surface area contributed by atoms with E-state index in [1.807, 2.05) is 19.1 Å². The van der Waals surface area contributed by atoms with Gasteiger partial charge in [0, 0.05) is 19.5 Å². The van der Waals surface area contributed by atoms with E-state index in [0.29, 0.717) is 28.8 Å². The number of piperidine rings is 1. The van der Waals surface area contributed by atoms with Gasteiger partial charge >= 0.3 is 0 Å². The Balaban J connectivity index is 1.36. The zero-order valence-electron chi connectivity index (χ0n) is 17.2. The van der Waals surface area contributed by atoms with E-state index in [1.54, 1.807) is 6.07 Å². The van der Waals surface area contributed by atoms with Gasteiger partial charge in [0.1, 0.15) is 17.3 Å². The van der Waals surface area contributed by atoms with E-state index >= 15 is 0 Å². The Morgan fingerprint density at radius 1 is 1.30 bits per heavy atom. The average molecular weight is 431 g/mol. The van der Waals surface area contributed by atoms with Crippen LogP contribution in [-0.4, -0.2) is 50.6 Å². The highest BCUT2D eigenvalue weighted by molar-refractivity contribution is 7.91. The van der Waals surface area contributed by atoms with Crippen LogP contribution < -0.4 is 10.2 Å². The zero-order valence-corrected chi connectivity index (χ0v) is 18.0. The van der Waals surface area contributed by atoms with Gasteiger partial charge in [0.2, 0.25) is 10.8 Å². The van der Waals surface area contributed by atoms with Crippen LogP contribution in [-0.2, 0) is 17.6 Å². The molecule has 6 nitrogen and oxygen atoms in total. The lowest BCUT2D eigenvalue weighted by atomic mass is 9.88. The molecule has 1 unspecified atom stereocenters. The van der Waals surface area contributed by atoms with Crippen molar-refractivity contribution in [1.82, 2.24) is 9.97 Å². The van der Waals surface area contributed by atoms with Crippen molar-refractivity contribution in [2.24, 2.45) is 0 Å². The smallest absolute Gasteiger partial charge is 0.227 e. The first-order valence-corrected chi connectivity index (χ1v) is 12.0. The monoisotopic (exact) mass is 430 g/mol. The topological polar surface area (TPSA) is 84.3 Å². The fraction of sp³-hybridized carbons (Fsp3) is 0.545. The van der Waals surface area contributed by atoms with Crippen LogP contribution in [0.1, 0.15) is 48.4 Å². The molecule has 3 heterocycles. The molecule has 1 saturated heterocycles. The maximum atomic E-state index is 14.4. The first kappa shape index (κ1) is 20.0. The number of anilines is 2. The number of aliphatic hydroxyl groups is 1. The second-order valence-electron chi connectivity index (χ2n) is 8.80. The molecule has 2 N–H and O–H groups in total. The number of rotatable bonds is 5. The SMILES string of the molecule is Cc1ccc(C2CCN(c3nc4c(c(NC5(CO)CC5)n3)[S+]([O-])CC4)CC2)c(F)c1. The Hall–Kier alpha value is -1.90. The third-order valence-electron chi connectivity index (χ3n) is 6.59. The van der Waals surface area contributed by atoms with E-state index in [-0.39, 0.29) is 23.9 Å². The average Bonchev–Trinajstić information content (AvgIpc) is 3.42. The molecule has 1 atom stereocenters. The van der Waals surface area contributed by atoms with E-state index < -0.39 is 11.2 Å². The molecule has 0 bridgehead atoms. The Morgan fingerprint density at radius 2 is 2.07 bits per heavy atom. The van der Waals surface area contributed by atoms with Gasteiger partial charge in [-0.05, 0) is 66.9 Å². The maximum Gasteiger partial charge on any atom is 0.227 e. The van der Waals surface area contributed by atoms with Crippen LogP contribution in [0.2, 0.25) is 0 Å². The van der Waals surface area contributed by atoms with Crippen LogP contribution in [0, 0.1) is 12.7 Å². The first-order valence-electron chi connectivity index (χ1n) is 10.7. The first-order chi connectivity index (χ1) is 14.5. The van der Waals surface area contributed by atoms with Gasteiger partial charge in [-0.25, -0.2) is 9.37 Å². The van der Waals surface area contributed by atoms with Crippen LogP contribution in [0.4, 0.5) is 16.2 Å². The number of hydrogen-bond acceptors (Lipinski definition) is 6. The van der Waals surface area contributed by atoms with Crippen LogP contribution in [0.5, 0.6) is 0 Å². The van der Waals surface area contributed by atoms with Crippen LogP contribution >= 0.6 is 0 Å². The van der Waals surface area contributed by atoms with Gasteiger partial charge in [-0.15, -0.1) is 0 Å². The summed E-state index contributed by atoms with van der Waals surface area (Å²) in [5.41, 5.74) is 2.25. The van der Waals surface area contributed by atoms with E-state index in [9.17, 15) is 14.0 Å². The van der Waals surface area contributed by atoms with Gasteiger partial charge < -0.3 is 19.9 Å². The van der Waals surface area contributed by atoms with Crippen LogP contribution in [0.3, 0.4) is 0 Å². The Bertz CT molecular complexity index is 960. The van der Waals surface area contributed by atoms with Crippen molar-refractivity contribution in [3.63, 3.8) is 0 Å². The van der Waals surface area contributed by atoms with Crippen molar-refractivity contribution in [3.8, 4) is 0 Å². The molecule has 2 fully saturated rings. The third-order valence-corrected chi connectivity index (χ3v) is 8.05. The molecule has 3 aliphatic rings.